The highest BCUT2D eigenvalue weighted by Gasteiger charge is 2.54. The topological polar surface area (TPSA) is 134 Å². The fraction of sp³-hybridized carbons (Fsp3) is 0.417. The van der Waals surface area contributed by atoms with Crippen LogP contribution in [0.2, 0.25) is 5.02 Å². The Labute approximate surface area is 292 Å². The molecule has 2 N–H and O–H groups in total. The summed E-state index contributed by atoms with van der Waals surface area (Å²) in [6.07, 6.45) is 1.62. The lowest BCUT2D eigenvalue weighted by molar-refractivity contribution is -0.120. The van der Waals surface area contributed by atoms with Crippen LogP contribution in [0.15, 0.2) is 59.5 Å². The van der Waals surface area contributed by atoms with E-state index in [2.05, 4.69) is 15.5 Å². The van der Waals surface area contributed by atoms with Gasteiger partial charge in [-0.1, -0.05) is 11.6 Å². The van der Waals surface area contributed by atoms with Gasteiger partial charge in [0.2, 0.25) is 0 Å². The average Bonchev–Trinajstić information content (AvgIpc) is 3.27. The number of anilines is 1. The van der Waals surface area contributed by atoms with E-state index in [1.54, 1.807) is 37.3 Å². The number of ether oxygens (including phenoxy) is 2. The Morgan fingerprint density at radius 1 is 0.980 bits per heavy atom. The van der Waals surface area contributed by atoms with Crippen LogP contribution in [0.5, 0.6) is 11.5 Å². The fourth-order valence-corrected chi connectivity index (χ4v) is 8.24. The molecule has 0 saturated carbocycles. The van der Waals surface area contributed by atoms with E-state index in [4.69, 9.17) is 21.1 Å². The predicted octanol–water partition coefficient (Wildman–Crippen LogP) is 5.14. The van der Waals surface area contributed by atoms with E-state index in [1.165, 1.54) is 31.4 Å². The molecule has 11 nitrogen and oxygen atoms in total. The zero-order valence-corrected chi connectivity index (χ0v) is 30.4. The number of halogens is 1. The lowest BCUT2D eigenvalue weighted by Gasteiger charge is -2.30. The Hall–Kier alpha value is -4.13. The van der Waals surface area contributed by atoms with Gasteiger partial charge in [-0.15, -0.1) is 0 Å². The van der Waals surface area contributed by atoms with Gasteiger partial charge >= 0.3 is 0 Å². The van der Waals surface area contributed by atoms with Crippen LogP contribution >= 0.6 is 11.6 Å². The minimum absolute atomic E-state index is 0.00236. The number of carbonyl (C=O) groups is 3. The number of sulfonamides is 1. The number of benzene rings is 3. The maximum atomic E-state index is 14.7. The first-order chi connectivity index (χ1) is 23.0. The molecule has 1 unspecified atom stereocenters. The molecule has 3 aromatic carbocycles. The van der Waals surface area contributed by atoms with Crippen LogP contribution in [0, 0.1) is 0 Å². The molecule has 0 radical (unpaired) electrons. The lowest BCUT2D eigenvalue weighted by Crippen LogP contribution is -2.44. The van der Waals surface area contributed by atoms with Crippen molar-refractivity contribution >= 4 is 45.0 Å². The molecule has 2 aliphatic rings. The molecule has 5 rings (SSSR count). The zero-order chi connectivity index (χ0) is 35.9. The maximum absolute atomic E-state index is 14.7. The van der Waals surface area contributed by atoms with Gasteiger partial charge in [-0.3, -0.25) is 14.4 Å². The first-order valence-corrected chi connectivity index (χ1v) is 18.0. The number of likely N-dealkylation sites (tertiary alicyclic amines) is 1. The second-order valence-electron chi connectivity index (χ2n) is 13.6. The summed E-state index contributed by atoms with van der Waals surface area (Å²) in [5.74, 6) is -1.21. The van der Waals surface area contributed by atoms with Crippen molar-refractivity contribution in [1.82, 2.24) is 15.5 Å². The molecular weight excluding hydrogens is 668 g/mol. The number of piperidine rings is 1. The van der Waals surface area contributed by atoms with Crippen LogP contribution in [-0.2, 0) is 20.2 Å². The van der Waals surface area contributed by atoms with Crippen molar-refractivity contribution in [2.24, 2.45) is 0 Å². The van der Waals surface area contributed by atoms with Crippen LogP contribution in [0.4, 0.5) is 5.69 Å². The molecule has 13 heteroatoms. The lowest BCUT2D eigenvalue weighted by atomic mass is 9.76. The number of nitrogens with one attached hydrogen (secondary N) is 2. The van der Waals surface area contributed by atoms with Gasteiger partial charge in [0.05, 0.1) is 19.4 Å². The number of hydrogen-bond acceptors (Lipinski definition) is 8. The number of amides is 3. The fourth-order valence-electron chi connectivity index (χ4n) is 6.28. The maximum Gasteiger partial charge on any atom is 0.274 e. The summed E-state index contributed by atoms with van der Waals surface area (Å²) in [6, 6.07) is 13.4. The number of carbonyl (C=O) groups excluding carboxylic acids is 3. The van der Waals surface area contributed by atoms with Crippen LogP contribution in [0.3, 0.4) is 0 Å². The van der Waals surface area contributed by atoms with E-state index in [9.17, 15) is 22.8 Å². The van der Waals surface area contributed by atoms with Crippen LogP contribution < -0.4 is 24.4 Å². The zero-order valence-electron chi connectivity index (χ0n) is 28.8. The summed E-state index contributed by atoms with van der Waals surface area (Å²) < 4.78 is 41.0. The highest BCUT2D eigenvalue weighted by atomic mass is 35.5. The molecule has 1 saturated heterocycles. The van der Waals surface area contributed by atoms with Crippen molar-refractivity contribution in [3.8, 4) is 11.5 Å². The van der Waals surface area contributed by atoms with E-state index in [0.717, 1.165) is 30.2 Å². The van der Waals surface area contributed by atoms with Crippen molar-refractivity contribution in [1.29, 1.82) is 0 Å². The van der Waals surface area contributed by atoms with Gasteiger partial charge in [-0.2, -0.15) is 0 Å². The van der Waals surface area contributed by atoms with Crippen molar-refractivity contribution in [3.63, 3.8) is 0 Å². The molecule has 1 atom stereocenters. The third-order valence-electron chi connectivity index (χ3n) is 8.90. The second kappa shape index (κ2) is 13.6. The monoisotopic (exact) mass is 710 g/mol. The van der Waals surface area contributed by atoms with Gasteiger partial charge in [0.1, 0.15) is 21.8 Å². The number of nitrogens with zero attached hydrogens (tertiary/aromatic N) is 2. The summed E-state index contributed by atoms with van der Waals surface area (Å²) in [6.45, 7) is 11.0. The standard InChI is InChI=1S/C36H43ClN4O7S/c1-8-48-25-11-13-29-27(21-25)36(5,26-19-22(9-12-28(26)37)32(42)38-24-15-17-40(6)18-16-24)34(44)41(29)49(45,46)31-14-10-23(20-30(31)47-7)33(43)39-35(2,3)4/h9-14,19-21,24H,8,15-18H2,1-7H3,(H,38,42)(H,39,43). The predicted molar refractivity (Wildman–Crippen MR) is 188 cm³/mol. The Balaban J connectivity index is 1.60. The third kappa shape index (κ3) is 6.99. The molecule has 0 aromatic heterocycles. The molecule has 49 heavy (non-hydrogen) atoms. The van der Waals surface area contributed by atoms with E-state index < -0.39 is 32.8 Å². The van der Waals surface area contributed by atoms with Gasteiger partial charge in [0.25, 0.3) is 27.7 Å². The second-order valence-corrected chi connectivity index (χ2v) is 15.8. The van der Waals surface area contributed by atoms with E-state index in [1.807, 2.05) is 34.7 Å². The van der Waals surface area contributed by atoms with Crippen molar-refractivity contribution in [2.75, 3.05) is 38.2 Å². The smallest absolute Gasteiger partial charge is 0.274 e. The summed E-state index contributed by atoms with van der Waals surface area (Å²) in [5, 5.41) is 6.12. The normalized spacial score (nSPS) is 18.6. The van der Waals surface area contributed by atoms with Crippen molar-refractivity contribution in [3.05, 3.63) is 81.9 Å². The Morgan fingerprint density at radius 2 is 1.63 bits per heavy atom. The summed E-state index contributed by atoms with van der Waals surface area (Å²) >= 11 is 6.78. The largest absolute Gasteiger partial charge is 0.495 e. The minimum Gasteiger partial charge on any atom is -0.495 e. The number of hydrogen-bond donors (Lipinski definition) is 2. The van der Waals surface area contributed by atoms with Crippen LogP contribution in [0.25, 0.3) is 0 Å². The molecule has 262 valence electrons. The van der Waals surface area contributed by atoms with Gasteiger partial charge in [-0.05, 0) is 128 Å². The SMILES string of the molecule is CCOc1ccc2c(c1)C(C)(c1cc(C(=O)NC3CCN(C)CC3)ccc1Cl)C(=O)N2S(=O)(=O)c1ccc(C(=O)NC(C)(C)C)cc1OC. The van der Waals surface area contributed by atoms with Gasteiger partial charge in [-0.25, -0.2) is 12.7 Å². The van der Waals surface area contributed by atoms with E-state index in [-0.39, 0.29) is 44.4 Å². The summed E-state index contributed by atoms with van der Waals surface area (Å²) in [7, 11) is -1.30. The first-order valence-electron chi connectivity index (χ1n) is 16.2. The average molecular weight is 711 g/mol. The van der Waals surface area contributed by atoms with Gasteiger partial charge in [0.15, 0.2) is 0 Å². The molecule has 3 aromatic rings. The first kappa shape index (κ1) is 36.2. The van der Waals surface area contributed by atoms with Crippen LogP contribution in [0.1, 0.15) is 79.3 Å². The van der Waals surface area contributed by atoms with Crippen molar-refractivity contribution in [2.45, 2.75) is 69.4 Å². The molecule has 2 heterocycles. The molecule has 0 aliphatic carbocycles. The van der Waals surface area contributed by atoms with Crippen molar-refractivity contribution < 1.29 is 32.3 Å². The highest BCUT2D eigenvalue weighted by Crippen LogP contribution is 2.51. The third-order valence-corrected chi connectivity index (χ3v) is 11.0. The quantitative estimate of drug-likeness (QED) is 0.312. The Morgan fingerprint density at radius 3 is 2.27 bits per heavy atom. The molecule has 1 fully saturated rings. The molecule has 0 bridgehead atoms. The van der Waals surface area contributed by atoms with E-state index >= 15 is 0 Å². The van der Waals surface area contributed by atoms with E-state index in [0.29, 0.717) is 23.5 Å². The van der Waals surface area contributed by atoms with Gasteiger partial charge in [0, 0.05) is 33.3 Å². The van der Waals surface area contributed by atoms with Gasteiger partial charge < -0.3 is 25.0 Å². The molecule has 2 aliphatic heterocycles. The summed E-state index contributed by atoms with van der Waals surface area (Å²) in [5.41, 5.74) is -0.988. The number of fused-ring (bicyclic) bond motifs is 1. The number of methoxy groups -OCH3 is 1. The summed E-state index contributed by atoms with van der Waals surface area (Å²) in [4.78, 5) is 43.0. The molecule has 0 spiro atoms. The molecule has 3 amide bonds. The Kier molecular flexibility index (Phi) is 10.1. The minimum atomic E-state index is -4.63. The molecular formula is C36H43ClN4O7S. The van der Waals surface area contributed by atoms with Crippen LogP contribution in [-0.4, -0.2) is 76.5 Å². The highest BCUT2D eigenvalue weighted by molar-refractivity contribution is 7.93. The Bertz CT molecular complexity index is 1900. The number of rotatable bonds is 9.